The van der Waals surface area contributed by atoms with Gasteiger partial charge in [0.1, 0.15) is 5.82 Å². The van der Waals surface area contributed by atoms with Crippen molar-refractivity contribution in [2.24, 2.45) is 0 Å². The molecule has 17 heavy (non-hydrogen) atoms. The molecule has 0 atom stereocenters. The van der Waals surface area contributed by atoms with E-state index in [2.05, 4.69) is 31.2 Å². The predicted octanol–water partition coefficient (Wildman–Crippen LogP) is 1.50. The number of hydroxylamine groups is 2. The zero-order chi connectivity index (χ0) is 13.0. The first kappa shape index (κ1) is 14.1. The first-order chi connectivity index (χ1) is 7.99. The van der Waals surface area contributed by atoms with Crippen LogP contribution in [-0.2, 0) is 16.1 Å². The molecule has 0 unspecified atom stereocenters. The Bertz CT molecular complexity index is 430. The first-order valence-electron chi connectivity index (χ1n) is 4.70. The largest absolute Gasteiger partial charge is 0.372 e. The van der Waals surface area contributed by atoms with E-state index < -0.39 is 0 Å². The zero-order valence-corrected chi connectivity index (χ0v) is 12.0. The number of nitrogens with one attached hydrogen (secondary N) is 1. The van der Waals surface area contributed by atoms with Gasteiger partial charge in [0.15, 0.2) is 0 Å². The van der Waals surface area contributed by atoms with Crippen LogP contribution >= 0.6 is 27.5 Å². The summed E-state index contributed by atoms with van der Waals surface area (Å²) in [6.07, 6.45) is 0.0713. The van der Waals surface area contributed by atoms with Gasteiger partial charge in [0.25, 0.3) is 5.91 Å². The summed E-state index contributed by atoms with van der Waals surface area (Å²) >= 11 is 9.08. The van der Waals surface area contributed by atoms with Crippen LogP contribution in [0.1, 0.15) is 5.69 Å². The quantitative estimate of drug-likeness (QED) is 0.672. The fourth-order valence-corrected chi connectivity index (χ4v) is 1.80. The van der Waals surface area contributed by atoms with Crippen molar-refractivity contribution >= 4 is 39.3 Å². The number of carbonyl (C=O) groups excluding carboxylic acids is 1. The van der Waals surface area contributed by atoms with Gasteiger partial charge in [-0.25, -0.2) is 10.0 Å². The number of aromatic nitrogens is 2. The summed E-state index contributed by atoms with van der Waals surface area (Å²) in [5.74, 6) is 0.304. The minimum Gasteiger partial charge on any atom is -0.372 e. The Morgan fingerprint density at radius 1 is 1.59 bits per heavy atom. The molecule has 8 heteroatoms. The van der Waals surface area contributed by atoms with E-state index >= 15 is 0 Å². The van der Waals surface area contributed by atoms with Gasteiger partial charge in [0.2, 0.25) is 5.28 Å². The van der Waals surface area contributed by atoms with Crippen LogP contribution in [0.2, 0.25) is 5.28 Å². The number of halogens is 2. The van der Waals surface area contributed by atoms with Crippen LogP contribution in [0.3, 0.4) is 0 Å². The average molecular weight is 324 g/mol. The van der Waals surface area contributed by atoms with Gasteiger partial charge in [-0.2, -0.15) is 4.98 Å². The lowest BCUT2D eigenvalue weighted by Gasteiger charge is -2.14. The normalized spacial score (nSPS) is 10.2. The van der Waals surface area contributed by atoms with E-state index in [4.69, 9.17) is 16.4 Å². The third kappa shape index (κ3) is 3.52. The highest BCUT2D eigenvalue weighted by Gasteiger charge is 2.16. The number of carbonyl (C=O) groups is 1. The molecule has 0 bridgehead atoms. The standard InChI is InChI=1S/C9H12BrClN4O2/c1-12-8-7(10)5(13-9(11)14-8)4-6(16)15(2)17-3/h4H2,1-3H3,(H,12,13,14). The van der Waals surface area contributed by atoms with Crippen LogP contribution < -0.4 is 5.32 Å². The van der Waals surface area contributed by atoms with E-state index in [1.54, 1.807) is 7.05 Å². The van der Waals surface area contributed by atoms with Crippen LogP contribution in [0.4, 0.5) is 5.82 Å². The highest BCUT2D eigenvalue weighted by Crippen LogP contribution is 2.25. The molecular formula is C9H12BrClN4O2. The van der Waals surface area contributed by atoms with Crippen molar-refractivity contribution in [1.29, 1.82) is 0 Å². The number of anilines is 1. The average Bonchev–Trinajstić information content (AvgIpc) is 2.31. The summed E-state index contributed by atoms with van der Waals surface area (Å²) < 4.78 is 0.613. The lowest BCUT2D eigenvalue weighted by Crippen LogP contribution is -2.27. The molecule has 1 N–H and O–H groups in total. The van der Waals surface area contributed by atoms with Crippen LogP contribution in [0.15, 0.2) is 4.47 Å². The SMILES string of the molecule is CNc1nc(Cl)nc(CC(=O)N(C)OC)c1Br. The number of likely N-dealkylation sites (N-methyl/N-ethyl adjacent to an activating group) is 1. The van der Waals surface area contributed by atoms with Gasteiger partial charge in [-0.05, 0) is 27.5 Å². The second kappa shape index (κ2) is 6.13. The number of rotatable bonds is 4. The van der Waals surface area contributed by atoms with Crippen LogP contribution in [-0.4, -0.2) is 42.1 Å². The van der Waals surface area contributed by atoms with Gasteiger partial charge in [0, 0.05) is 14.1 Å². The second-order valence-corrected chi connectivity index (χ2v) is 4.23. The summed E-state index contributed by atoms with van der Waals surface area (Å²) in [5, 5.41) is 4.06. The van der Waals surface area contributed by atoms with Crippen molar-refractivity contribution in [3.8, 4) is 0 Å². The van der Waals surface area contributed by atoms with Gasteiger partial charge in [-0.1, -0.05) is 0 Å². The van der Waals surface area contributed by atoms with Crippen LogP contribution in [0, 0.1) is 0 Å². The van der Waals surface area contributed by atoms with Crippen LogP contribution in [0.5, 0.6) is 0 Å². The van der Waals surface area contributed by atoms with E-state index in [1.807, 2.05) is 0 Å². The minimum atomic E-state index is -0.231. The highest BCUT2D eigenvalue weighted by molar-refractivity contribution is 9.10. The van der Waals surface area contributed by atoms with Crippen LogP contribution in [0.25, 0.3) is 0 Å². The van der Waals surface area contributed by atoms with E-state index in [0.717, 1.165) is 5.06 Å². The predicted molar refractivity (Wildman–Crippen MR) is 67.8 cm³/mol. The molecule has 1 amide bonds. The Balaban J connectivity index is 2.98. The van der Waals surface area contributed by atoms with Gasteiger partial charge in [-0.15, -0.1) is 0 Å². The molecule has 1 rings (SSSR count). The molecule has 0 fully saturated rings. The Hall–Kier alpha value is -0.920. The highest BCUT2D eigenvalue weighted by atomic mass is 79.9. The van der Waals surface area contributed by atoms with Crippen molar-refractivity contribution in [1.82, 2.24) is 15.0 Å². The summed E-state index contributed by atoms with van der Waals surface area (Å²) in [6, 6.07) is 0. The van der Waals surface area contributed by atoms with Gasteiger partial charge < -0.3 is 5.32 Å². The van der Waals surface area contributed by atoms with Crippen molar-refractivity contribution in [3.05, 3.63) is 15.5 Å². The summed E-state index contributed by atoms with van der Waals surface area (Å²) in [6.45, 7) is 0. The smallest absolute Gasteiger partial charge is 0.251 e. The molecule has 6 nitrogen and oxygen atoms in total. The number of nitrogens with zero attached hydrogens (tertiary/aromatic N) is 3. The number of hydrogen-bond donors (Lipinski definition) is 1. The Morgan fingerprint density at radius 3 is 2.76 bits per heavy atom. The van der Waals surface area contributed by atoms with E-state index in [9.17, 15) is 4.79 Å². The molecule has 1 aromatic rings. The molecule has 94 valence electrons. The van der Waals surface area contributed by atoms with Crippen molar-refractivity contribution in [2.75, 3.05) is 26.5 Å². The van der Waals surface area contributed by atoms with Crippen molar-refractivity contribution in [3.63, 3.8) is 0 Å². The Labute approximate surface area is 112 Å². The molecule has 1 aromatic heterocycles. The molecule has 0 spiro atoms. The lowest BCUT2D eigenvalue weighted by molar-refractivity contribution is -0.167. The fraction of sp³-hybridized carbons (Fsp3) is 0.444. The topological polar surface area (TPSA) is 67.4 Å². The molecular weight excluding hydrogens is 311 g/mol. The van der Waals surface area contributed by atoms with Crippen molar-refractivity contribution < 1.29 is 9.63 Å². The van der Waals surface area contributed by atoms with E-state index in [1.165, 1.54) is 14.2 Å². The molecule has 0 aliphatic heterocycles. The van der Waals surface area contributed by atoms with Gasteiger partial charge in [0.05, 0.1) is 23.7 Å². The van der Waals surface area contributed by atoms with E-state index in [0.29, 0.717) is 16.0 Å². The summed E-state index contributed by atoms with van der Waals surface area (Å²) in [7, 11) is 4.65. The maximum absolute atomic E-state index is 11.7. The molecule has 0 aliphatic carbocycles. The number of hydrogen-bond acceptors (Lipinski definition) is 5. The maximum atomic E-state index is 11.7. The first-order valence-corrected chi connectivity index (χ1v) is 5.87. The summed E-state index contributed by atoms with van der Waals surface area (Å²) in [4.78, 5) is 24.4. The Morgan fingerprint density at radius 2 is 2.24 bits per heavy atom. The fourth-order valence-electron chi connectivity index (χ4n) is 1.10. The third-order valence-electron chi connectivity index (χ3n) is 2.07. The zero-order valence-electron chi connectivity index (χ0n) is 9.62. The third-order valence-corrected chi connectivity index (χ3v) is 3.08. The van der Waals surface area contributed by atoms with Crippen molar-refractivity contribution in [2.45, 2.75) is 6.42 Å². The minimum absolute atomic E-state index is 0.0713. The Kier molecular flexibility index (Phi) is 5.10. The van der Waals surface area contributed by atoms with E-state index in [-0.39, 0.29) is 17.6 Å². The molecule has 0 saturated carbocycles. The summed E-state index contributed by atoms with van der Waals surface area (Å²) in [5.41, 5.74) is 0.503. The molecule has 0 saturated heterocycles. The molecule has 1 heterocycles. The molecule has 0 aliphatic rings. The second-order valence-electron chi connectivity index (χ2n) is 3.10. The molecule has 0 aromatic carbocycles. The maximum Gasteiger partial charge on any atom is 0.251 e. The molecule has 0 radical (unpaired) electrons. The lowest BCUT2D eigenvalue weighted by atomic mass is 10.3. The van der Waals surface area contributed by atoms with Gasteiger partial charge in [-0.3, -0.25) is 9.63 Å². The number of amides is 1. The van der Waals surface area contributed by atoms with Gasteiger partial charge >= 0.3 is 0 Å². The monoisotopic (exact) mass is 322 g/mol.